The lowest BCUT2D eigenvalue weighted by Gasteiger charge is -2.26. The van der Waals surface area contributed by atoms with Crippen molar-refractivity contribution in [2.24, 2.45) is 0 Å². The summed E-state index contributed by atoms with van der Waals surface area (Å²) in [6.45, 7) is 3.84. The molecule has 1 aromatic heterocycles. The van der Waals surface area contributed by atoms with E-state index in [9.17, 15) is 19.2 Å². The SMILES string of the molecule is CCOc1ccc(-n2c(=O)/c(=C\c3ccccc3F)s/c2=C(/C#N)C(=O)N2CCOCC2)cc1. The molecule has 1 aliphatic rings. The zero-order valence-corrected chi connectivity index (χ0v) is 19.3. The number of hydrogen-bond donors (Lipinski definition) is 0. The Labute approximate surface area is 199 Å². The number of hydrogen-bond acceptors (Lipinski definition) is 6. The van der Waals surface area contributed by atoms with Crippen LogP contribution < -0.4 is 19.5 Å². The number of amides is 1. The van der Waals surface area contributed by atoms with Crippen LogP contribution in [0.2, 0.25) is 0 Å². The van der Waals surface area contributed by atoms with Crippen molar-refractivity contribution >= 4 is 28.9 Å². The van der Waals surface area contributed by atoms with Crippen molar-refractivity contribution in [2.45, 2.75) is 6.92 Å². The molecule has 9 heteroatoms. The molecule has 0 atom stereocenters. The molecule has 0 radical (unpaired) electrons. The molecule has 1 aliphatic heterocycles. The maximum atomic E-state index is 14.3. The normalized spacial score (nSPS) is 15.1. The molecule has 7 nitrogen and oxygen atoms in total. The van der Waals surface area contributed by atoms with E-state index in [0.717, 1.165) is 11.3 Å². The number of benzene rings is 2. The van der Waals surface area contributed by atoms with E-state index >= 15 is 0 Å². The van der Waals surface area contributed by atoms with Gasteiger partial charge in [0.25, 0.3) is 11.5 Å². The first-order chi connectivity index (χ1) is 16.5. The lowest BCUT2D eigenvalue weighted by molar-refractivity contribution is -0.128. The molecule has 0 bridgehead atoms. The highest BCUT2D eigenvalue weighted by molar-refractivity contribution is 7.07. The molecule has 0 N–H and O–H groups in total. The van der Waals surface area contributed by atoms with E-state index in [1.807, 2.05) is 13.0 Å². The average Bonchev–Trinajstić information content (AvgIpc) is 3.17. The van der Waals surface area contributed by atoms with Crippen LogP contribution in [0.3, 0.4) is 0 Å². The van der Waals surface area contributed by atoms with E-state index in [-0.39, 0.29) is 20.3 Å². The molecular weight excluding hydrogens is 457 g/mol. The monoisotopic (exact) mass is 479 g/mol. The van der Waals surface area contributed by atoms with E-state index in [0.29, 0.717) is 44.3 Å². The Morgan fingerprint density at radius 1 is 1.21 bits per heavy atom. The zero-order valence-electron chi connectivity index (χ0n) is 18.5. The second kappa shape index (κ2) is 10.5. The highest BCUT2D eigenvalue weighted by Gasteiger charge is 2.24. The molecule has 1 amide bonds. The second-order valence-electron chi connectivity index (χ2n) is 7.40. The van der Waals surface area contributed by atoms with Crippen molar-refractivity contribution in [3.63, 3.8) is 0 Å². The predicted molar refractivity (Wildman–Crippen MR) is 127 cm³/mol. The van der Waals surface area contributed by atoms with Gasteiger partial charge in [0.05, 0.1) is 30.0 Å². The lowest BCUT2D eigenvalue weighted by atomic mass is 10.2. The van der Waals surface area contributed by atoms with Crippen molar-refractivity contribution in [2.75, 3.05) is 32.9 Å². The summed E-state index contributed by atoms with van der Waals surface area (Å²) in [5.41, 5.74) is 0.112. The van der Waals surface area contributed by atoms with E-state index in [2.05, 4.69) is 0 Å². The number of aromatic nitrogens is 1. The summed E-state index contributed by atoms with van der Waals surface area (Å²) in [5.74, 6) is -0.314. The highest BCUT2D eigenvalue weighted by atomic mass is 32.1. The van der Waals surface area contributed by atoms with E-state index in [1.54, 1.807) is 42.5 Å². The number of rotatable bonds is 5. The maximum Gasteiger partial charge on any atom is 0.273 e. The average molecular weight is 480 g/mol. The first-order valence-electron chi connectivity index (χ1n) is 10.8. The van der Waals surface area contributed by atoms with Crippen molar-refractivity contribution in [3.8, 4) is 17.5 Å². The second-order valence-corrected chi connectivity index (χ2v) is 8.43. The minimum absolute atomic E-state index is 0.147. The van der Waals surface area contributed by atoms with Crippen molar-refractivity contribution in [3.05, 3.63) is 79.5 Å². The van der Waals surface area contributed by atoms with Gasteiger partial charge in [-0.25, -0.2) is 4.39 Å². The number of nitriles is 1. The maximum absolute atomic E-state index is 14.3. The van der Waals surface area contributed by atoms with Crippen LogP contribution >= 0.6 is 11.3 Å². The van der Waals surface area contributed by atoms with Gasteiger partial charge in [-0.2, -0.15) is 5.26 Å². The fraction of sp³-hybridized carbons (Fsp3) is 0.240. The summed E-state index contributed by atoms with van der Waals surface area (Å²) < 4.78 is 26.8. The van der Waals surface area contributed by atoms with Gasteiger partial charge < -0.3 is 14.4 Å². The van der Waals surface area contributed by atoms with Gasteiger partial charge in [-0.1, -0.05) is 18.2 Å². The molecule has 0 unspecified atom stereocenters. The quantitative estimate of drug-likeness (QED) is 0.557. The summed E-state index contributed by atoms with van der Waals surface area (Å²) in [6, 6.07) is 14.9. The Hall–Kier alpha value is -3.74. The third-order valence-electron chi connectivity index (χ3n) is 5.26. The molecule has 1 fully saturated rings. The van der Waals surface area contributed by atoms with Gasteiger partial charge in [-0.15, -0.1) is 11.3 Å². The smallest absolute Gasteiger partial charge is 0.273 e. The third kappa shape index (κ3) is 4.78. The fourth-order valence-electron chi connectivity index (χ4n) is 3.59. The van der Waals surface area contributed by atoms with Crippen molar-refractivity contribution in [1.29, 1.82) is 5.26 Å². The Morgan fingerprint density at radius 3 is 2.56 bits per heavy atom. The summed E-state index contributed by atoms with van der Waals surface area (Å²) in [5, 5.41) is 9.94. The van der Waals surface area contributed by atoms with Crippen LogP contribution in [0, 0.1) is 17.1 Å². The molecule has 0 spiro atoms. The van der Waals surface area contributed by atoms with Gasteiger partial charge in [0.1, 0.15) is 22.3 Å². The minimum atomic E-state index is -0.474. The number of carbonyl (C=O) groups is 1. The first kappa shape index (κ1) is 23.4. The van der Waals surface area contributed by atoms with Gasteiger partial charge in [0.2, 0.25) is 0 Å². The Bertz CT molecular complexity index is 1410. The number of thiazole rings is 1. The first-order valence-corrected chi connectivity index (χ1v) is 11.6. The molecule has 174 valence electrons. The number of morpholine rings is 1. The fourth-order valence-corrected chi connectivity index (χ4v) is 4.67. The van der Waals surface area contributed by atoms with Crippen LogP contribution in [0.15, 0.2) is 53.3 Å². The largest absolute Gasteiger partial charge is 0.494 e. The predicted octanol–water partition coefficient (Wildman–Crippen LogP) is 1.80. The van der Waals surface area contributed by atoms with Crippen LogP contribution in [0.5, 0.6) is 5.75 Å². The highest BCUT2D eigenvalue weighted by Crippen LogP contribution is 2.14. The van der Waals surface area contributed by atoms with E-state index in [1.165, 1.54) is 21.6 Å². The molecule has 0 saturated carbocycles. The lowest BCUT2D eigenvalue weighted by Crippen LogP contribution is -2.42. The Balaban J connectivity index is 1.96. The van der Waals surface area contributed by atoms with Crippen LogP contribution in [-0.2, 0) is 9.53 Å². The number of ether oxygens (including phenoxy) is 2. The van der Waals surface area contributed by atoms with Crippen LogP contribution in [0.25, 0.3) is 17.3 Å². The van der Waals surface area contributed by atoms with E-state index < -0.39 is 17.3 Å². The van der Waals surface area contributed by atoms with Gasteiger partial charge in [-0.3, -0.25) is 14.2 Å². The standard InChI is InChI=1S/C25H22FN3O4S/c1-2-33-19-9-7-18(8-10-19)29-24(31)22(15-17-5-3-4-6-21(17)26)34-25(29)20(16-27)23(30)28-11-13-32-14-12-28/h3-10,15H,2,11-14H2,1H3/b22-15+,25-20-. The molecule has 34 heavy (non-hydrogen) atoms. The molecule has 2 aromatic carbocycles. The van der Waals surface area contributed by atoms with Crippen LogP contribution in [-0.4, -0.2) is 48.3 Å². The Kier molecular flexibility index (Phi) is 7.21. The number of halogens is 1. The summed E-state index contributed by atoms with van der Waals surface area (Å²) in [6.07, 6.45) is 1.44. The molecular formula is C25H22FN3O4S. The van der Waals surface area contributed by atoms with Crippen LogP contribution in [0.4, 0.5) is 4.39 Å². The number of carbonyl (C=O) groups excluding carboxylic acids is 1. The zero-order chi connectivity index (χ0) is 24.1. The molecule has 2 heterocycles. The van der Waals surface area contributed by atoms with E-state index in [4.69, 9.17) is 9.47 Å². The van der Waals surface area contributed by atoms with Gasteiger partial charge in [0, 0.05) is 18.7 Å². The van der Waals surface area contributed by atoms with Gasteiger partial charge in [-0.05, 0) is 43.3 Å². The molecule has 3 aromatic rings. The van der Waals surface area contributed by atoms with Gasteiger partial charge in [0.15, 0.2) is 5.57 Å². The van der Waals surface area contributed by atoms with Crippen molar-refractivity contribution in [1.82, 2.24) is 9.47 Å². The third-order valence-corrected chi connectivity index (χ3v) is 6.35. The minimum Gasteiger partial charge on any atom is -0.494 e. The number of nitrogens with zero attached hydrogens (tertiary/aromatic N) is 3. The summed E-state index contributed by atoms with van der Waals surface area (Å²) in [7, 11) is 0. The van der Waals surface area contributed by atoms with Gasteiger partial charge >= 0.3 is 0 Å². The van der Waals surface area contributed by atoms with Crippen molar-refractivity contribution < 1.29 is 18.7 Å². The molecule has 1 saturated heterocycles. The molecule has 4 rings (SSSR count). The Morgan fingerprint density at radius 2 is 1.91 bits per heavy atom. The molecule has 0 aliphatic carbocycles. The summed E-state index contributed by atoms with van der Waals surface area (Å²) in [4.78, 5) is 28.2. The summed E-state index contributed by atoms with van der Waals surface area (Å²) >= 11 is 0.983. The topological polar surface area (TPSA) is 84.6 Å². The van der Waals surface area contributed by atoms with Crippen LogP contribution in [0.1, 0.15) is 12.5 Å².